The van der Waals surface area contributed by atoms with Gasteiger partial charge in [-0.1, -0.05) is 56.2 Å². The Hall–Kier alpha value is -2.00. The molecular formula is C19H25NO2. The number of nitrogens with two attached hydrogens (primary N) is 1. The van der Waals surface area contributed by atoms with E-state index in [9.17, 15) is 0 Å². The summed E-state index contributed by atoms with van der Waals surface area (Å²) in [5.41, 5.74) is 8.45. The molecule has 0 radical (unpaired) electrons. The SMILES string of the molecule is CCCC[C@H](N)c1ccc(OCc2ccccc2)c(OC)c1. The van der Waals surface area contributed by atoms with Gasteiger partial charge in [0.05, 0.1) is 7.11 Å². The van der Waals surface area contributed by atoms with Crippen LogP contribution in [0.5, 0.6) is 11.5 Å². The first kappa shape index (κ1) is 16.4. The second kappa shape index (κ2) is 8.44. The largest absolute Gasteiger partial charge is 0.493 e. The molecule has 0 fully saturated rings. The van der Waals surface area contributed by atoms with E-state index in [-0.39, 0.29) is 6.04 Å². The minimum absolute atomic E-state index is 0.0528. The van der Waals surface area contributed by atoms with Crippen LogP contribution in [-0.2, 0) is 6.61 Å². The standard InChI is InChI=1S/C19H25NO2/c1-3-4-10-17(20)16-11-12-18(19(13-16)21-2)22-14-15-8-6-5-7-9-15/h5-9,11-13,17H,3-4,10,14,20H2,1-2H3/t17-/m0/s1. The van der Waals surface area contributed by atoms with E-state index in [0.29, 0.717) is 6.61 Å². The number of ether oxygens (including phenoxy) is 2. The Morgan fingerprint density at radius 3 is 2.50 bits per heavy atom. The molecule has 0 aliphatic heterocycles. The van der Waals surface area contributed by atoms with Gasteiger partial charge in [0, 0.05) is 6.04 Å². The molecule has 2 N–H and O–H groups in total. The highest BCUT2D eigenvalue weighted by Crippen LogP contribution is 2.31. The zero-order valence-corrected chi connectivity index (χ0v) is 13.4. The summed E-state index contributed by atoms with van der Waals surface area (Å²) >= 11 is 0. The maximum atomic E-state index is 6.22. The molecular weight excluding hydrogens is 274 g/mol. The minimum Gasteiger partial charge on any atom is -0.493 e. The minimum atomic E-state index is 0.0528. The summed E-state index contributed by atoms with van der Waals surface area (Å²) in [5, 5.41) is 0. The van der Waals surface area contributed by atoms with Crippen molar-refractivity contribution in [2.45, 2.75) is 38.8 Å². The van der Waals surface area contributed by atoms with Crippen LogP contribution in [0.15, 0.2) is 48.5 Å². The topological polar surface area (TPSA) is 44.5 Å². The third kappa shape index (κ3) is 4.50. The van der Waals surface area contributed by atoms with Gasteiger partial charge in [0.25, 0.3) is 0 Å². The molecule has 0 aliphatic carbocycles. The van der Waals surface area contributed by atoms with Crippen molar-refractivity contribution in [2.24, 2.45) is 5.73 Å². The van der Waals surface area contributed by atoms with Crippen LogP contribution in [0.2, 0.25) is 0 Å². The smallest absolute Gasteiger partial charge is 0.161 e. The van der Waals surface area contributed by atoms with Gasteiger partial charge < -0.3 is 15.2 Å². The van der Waals surface area contributed by atoms with Gasteiger partial charge in [-0.05, 0) is 29.7 Å². The van der Waals surface area contributed by atoms with Crippen LogP contribution < -0.4 is 15.2 Å². The quantitative estimate of drug-likeness (QED) is 0.782. The highest BCUT2D eigenvalue weighted by atomic mass is 16.5. The lowest BCUT2D eigenvalue weighted by Crippen LogP contribution is -2.10. The Kier molecular flexibility index (Phi) is 6.28. The first-order chi connectivity index (χ1) is 10.7. The fraction of sp³-hybridized carbons (Fsp3) is 0.368. The van der Waals surface area contributed by atoms with Crippen molar-refractivity contribution in [3.05, 3.63) is 59.7 Å². The maximum absolute atomic E-state index is 6.22. The summed E-state index contributed by atoms with van der Waals surface area (Å²) in [6.07, 6.45) is 3.28. The van der Waals surface area contributed by atoms with Crippen LogP contribution in [-0.4, -0.2) is 7.11 Å². The van der Waals surface area contributed by atoms with Gasteiger partial charge in [-0.3, -0.25) is 0 Å². The third-order valence-electron chi connectivity index (χ3n) is 3.72. The van der Waals surface area contributed by atoms with E-state index in [1.165, 1.54) is 0 Å². The van der Waals surface area contributed by atoms with Crippen LogP contribution in [0.1, 0.15) is 43.4 Å². The molecule has 0 spiro atoms. The molecule has 3 heteroatoms. The lowest BCUT2D eigenvalue weighted by atomic mass is 10.0. The summed E-state index contributed by atoms with van der Waals surface area (Å²) in [6, 6.07) is 16.1. The van der Waals surface area contributed by atoms with Crippen LogP contribution in [0.4, 0.5) is 0 Å². The van der Waals surface area contributed by atoms with Gasteiger partial charge in [-0.15, -0.1) is 0 Å². The van der Waals surface area contributed by atoms with Gasteiger partial charge in [0.2, 0.25) is 0 Å². The van der Waals surface area contributed by atoms with Crippen LogP contribution >= 0.6 is 0 Å². The summed E-state index contributed by atoms with van der Waals surface area (Å²) in [6.45, 7) is 2.70. The fourth-order valence-electron chi connectivity index (χ4n) is 2.36. The summed E-state index contributed by atoms with van der Waals surface area (Å²) in [4.78, 5) is 0. The molecule has 0 amide bonds. The van der Waals surface area contributed by atoms with Gasteiger partial charge in [-0.2, -0.15) is 0 Å². The van der Waals surface area contributed by atoms with Crippen molar-refractivity contribution in [1.82, 2.24) is 0 Å². The predicted octanol–water partition coefficient (Wildman–Crippen LogP) is 4.46. The van der Waals surface area contributed by atoms with Crippen molar-refractivity contribution < 1.29 is 9.47 Å². The second-order valence-electron chi connectivity index (χ2n) is 5.43. The average Bonchev–Trinajstić information content (AvgIpc) is 2.58. The van der Waals surface area contributed by atoms with Gasteiger partial charge in [-0.25, -0.2) is 0 Å². The normalized spacial score (nSPS) is 12.0. The zero-order valence-electron chi connectivity index (χ0n) is 13.4. The predicted molar refractivity (Wildman–Crippen MR) is 90.2 cm³/mol. The van der Waals surface area contributed by atoms with Crippen LogP contribution in [0.3, 0.4) is 0 Å². The van der Waals surface area contributed by atoms with Gasteiger partial charge in [0.15, 0.2) is 11.5 Å². The first-order valence-electron chi connectivity index (χ1n) is 7.84. The van der Waals surface area contributed by atoms with Crippen molar-refractivity contribution in [1.29, 1.82) is 0 Å². The number of methoxy groups -OCH3 is 1. The Bertz CT molecular complexity index is 569. The van der Waals surface area contributed by atoms with E-state index in [1.54, 1.807) is 7.11 Å². The van der Waals surface area contributed by atoms with Gasteiger partial charge >= 0.3 is 0 Å². The van der Waals surface area contributed by atoms with Crippen molar-refractivity contribution >= 4 is 0 Å². The lowest BCUT2D eigenvalue weighted by Gasteiger charge is -2.16. The highest BCUT2D eigenvalue weighted by Gasteiger charge is 2.11. The van der Waals surface area contributed by atoms with E-state index in [1.807, 2.05) is 48.5 Å². The number of hydrogen-bond acceptors (Lipinski definition) is 3. The molecule has 0 aliphatic rings. The van der Waals surface area contributed by atoms with Crippen molar-refractivity contribution in [3.63, 3.8) is 0 Å². The zero-order chi connectivity index (χ0) is 15.8. The molecule has 118 valence electrons. The average molecular weight is 299 g/mol. The molecule has 0 aromatic heterocycles. The second-order valence-corrected chi connectivity index (χ2v) is 5.43. The van der Waals surface area contributed by atoms with E-state index >= 15 is 0 Å². The van der Waals surface area contributed by atoms with Crippen LogP contribution in [0.25, 0.3) is 0 Å². The number of rotatable bonds is 8. The molecule has 2 aromatic rings. The van der Waals surface area contributed by atoms with Crippen molar-refractivity contribution in [2.75, 3.05) is 7.11 Å². The van der Waals surface area contributed by atoms with Crippen LogP contribution in [0, 0.1) is 0 Å². The number of unbranched alkanes of at least 4 members (excludes halogenated alkanes) is 1. The summed E-state index contributed by atoms with van der Waals surface area (Å²) < 4.78 is 11.3. The molecule has 2 aromatic carbocycles. The first-order valence-corrected chi connectivity index (χ1v) is 7.84. The molecule has 0 saturated heterocycles. The Labute approximate surface area is 133 Å². The monoisotopic (exact) mass is 299 g/mol. The molecule has 1 atom stereocenters. The molecule has 3 nitrogen and oxygen atoms in total. The molecule has 0 heterocycles. The molecule has 0 unspecified atom stereocenters. The lowest BCUT2D eigenvalue weighted by molar-refractivity contribution is 0.284. The summed E-state index contributed by atoms with van der Waals surface area (Å²) in [5.74, 6) is 1.48. The van der Waals surface area contributed by atoms with E-state index in [2.05, 4.69) is 6.92 Å². The summed E-state index contributed by atoms with van der Waals surface area (Å²) in [7, 11) is 1.66. The van der Waals surface area contributed by atoms with E-state index < -0.39 is 0 Å². The Balaban J connectivity index is 2.05. The molecule has 2 rings (SSSR count). The van der Waals surface area contributed by atoms with Gasteiger partial charge in [0.1, 0.15) is 6.61 Å². The van der Waals surface area contributed by atoms with Crippen molar-refractivity contribution in [3.8, 4) is 11.5 Å². The molecule has 0 bridgehead atoms. The number of hydrogen-bond donors (Lipinski definition) is 1. The highest BCUT2D eigenvalue weighted by molar-refractivity contribution is 5.44. The third-order valence-corrected chi connectivity index (χ3v) is 3.72. The Morgan fingerprint density at radius 1 is 1.05 bits per heavy atom. The molecule has 22 heavy (non-hydrogen) atoms. The Morgan fingerprint density at radius 2 is 1.82 bits per heavy atom. The maximum Gasteiger partial charge on any atom is 0.161 e. The number of benzene rings is 2. The van der Waals surface area contributed by atoms with E-state index in [0.717, 1.165) is 41.9 Å². The molecule has 0 saturated carbocycles. The van der Waals surface area contributed by atoms with E-state index in [4.69, 9.17) is 15.2 Å². The fourth-order valence-corrected chi connectivity index (χ4v) is 2.36.